The van der Waals surface area contributed by atoms with E-state index in [1.807, 2.05) is 37.3 Å². The summed E-state index contributed by atoms with van der Waals surface area (Å²) in [6.07, 6.45) is 7.10. The minimum atomic E-state index is 0.131. The van der Waals surface area contributed by atoms with Crippen LogP contribution >= 0.6 is 0 Å². The number of hydrogen-bond donors (Lipinski definition) is 0. The van der Waals surface area contributed by atoms with Gasteiger partial charge < -0.3 is 0 Å². The molecule has 0 bridgehead atoms. The maximum Gasteiger partial charge on any atom is 0.192 e. The zero-order valence-corrected chi connectivity index (χ0v) is 9.73. The molecule has 0 saturated heterocycles. The van der Waals surface area contributed by atoms with Crippen LogP contribution in [0.3, 0.4) is 0 Å². The standard InChI is InChI=1S/C15H16O/c1-11-5-3-7-13(9-11)15(16)14-8-4-6-12(2)10-14/h3-5,7-10,12H,6H2,1-2H3. The Morgan fingerprint density at radius 1 is 1.38 bits per heavy atom. The first-order valence-corrected chi connectivity index (χ1v) is 5.66. The molecule has 0 aliphatic heterocycles. The van der Waals surface area contributed by atoms with E-state index >= 15 is 0 Å². The Bertz CT molecular complexity index is 466. The minimum absolute atomic E-state index is 0.131. The fourth-order valence-corrected chi connectivity index (χ4v) is 1.94. The summed E-state index contributed by atoms with van der Waals surface area (Å²) >= 11 is 0. The first-order valence-electron chi connectivity index (χ1n) is 5.66. The molecule has 0 saturated carbocycles. The Morgan fingerprint density at radius 2 is 2.19 bits per heavy atom. The van der Waals surface area contributed by atoms with Crippen LogP contribution in [-0.4, -0.2) is 5.78 Å². The molecule has 1 heteroatoms. The Hall–Kier alpha value is -1.63. The lowest BCUT2D eigenvalue weighted by molar-refractivity contribution is 0.103. The minimum Gasteiger partial charge on any atom is -0.289 e. The third-order valence-corrected chi connectivity index (χ3v) is 2.81. The van der Waals surface area contributed by atoms with E-state index in [9.17, 15) is 4.79 Å². The second kappa shape index (κ2) is 4.48. The van der Waals surface area contributed by atoms with Gasteiger partial charge in [-0.05, 0) is 25.3 Å². The molecule has 1 atom stereocenters. The number of ketones is 1. The van der Waals surface area contributed by atoms with Crippen LogP contribution in [0, 0.1) is 12.8 Å². The molecule has 0 radical (unpaired) electrons. The van der Waals surface area contributed by atoms with Crippen molar-refractivity contribution in [2.75, 3.05) is 0 Å². The van der Waals surface area contributed by atoms with E-state index < -0.39 is 0 Å². The monoisotopic (exact) mass is 212 g/mol. The van der Waals surface area contributed by atoms with Crippen LogP contribution in [0.2, 0.25) is 0 Å². The van der Waals surface area contributed by atoms with Crippen LogP contribution in [0.1, 0.15) is 29.3 Å². The molecule has 2 rings (SSSR count). The quantitative estimate of drug-likeness (QED) is 0.683. The number of carbonyl (C=O) groups excluding carboxylic acids is 1. The Balaban J connectivity index is 2.29. The summed E-state index contributed by atoms with van der Waals surface area (Å²) in [5, 5.41) is 0. The van der Waals surface area contributed by atoms with Crippen LogP contribution < -0.4 is 0 Å². The van der Waals surface area contributed by atoms with Crippen molar-refractivity contribution in [3.8, 4) is 0 Å². The zero-order chi connectivity index (χ0) is 11.5. The number of rotatable bonds is 2. The van der Waals surface area contributed by atoms with E-state index in [2.05, 4.69) is 19.1 Å². The second-order valence-corrected chi connectivity index (χ2v) is 4.44. The number of Topliss-reactive ketones (excluding diaryl/α,β-unsaturated/α-hetero) is 1. The highest BCUT2D eigenvalue weighted by Crippen LogP contribution is 2.19. The number of carbonyl (C=O) groups is 1. The van der Waals surface area contributed by atoms with Gasteiger partial charge in [0.1, 0.15) is 0 Å². The number of allylic oxidation sites excluding steroid dienone is 4. The van der Waals surface area contributed by atoms with Gasteiger partial charge in [0, 0.05) is 11.1 Å². The lowest BCUT2D eigenvalue weighted by atomic mass is 9.93. The van der Waals surface area contributed by atoms with Gasteiger partial charge in [0.2, 0.25) is 0 Å². The molecule has 1 aliphatic carbocycles. The highest BCUT2D eigenvalue weighted by molar-refractivity contribution is 6.10. The summed E-state index contributed by atoms with van der Waals surface area (Å²) in [4.78, 5) is 12.2. The van der Waals surface area contributed by atoms with E-state index in [0.717, 1.165) is 23.1 Å². The fraction of sp³-hybridized carbons (Fsp3) is 0.267. The smallest absolute Gasteiger partial charge is 0.192 e. The molecule has 1 aromatic rings. The molecule has 1 aromatic carbocycles. The predicted octanol–water partition coefficient (Wildman–Crippen LogP) is 3.70. The molecule has 0 spiro atoms. The van der Waals surface area contributed by atoms with Crippen LogP contribution in [0.25, 0.3) is 0 Å². The molecule has 82 valence electrons. The maximum atomic E-state index is 12.2. The van der Waals surface area contributed by atoms with Gasteiger partial charge in [-0.2, -0.15) is 0 Å². The highest BCUT2D eigenvalue weighted by Gasteiger charge is 2.13. The normalized spacial score (nSPS) is 19.4. The van der Waals surface area contributed by atoms with Gasteiger partial charge in [-0.3, -0.25) is 4.79 Å². The molecular formula is C15H16O. The summed E-state index contributed by atoms with van der Waals surface area (Å²) in [5.74, 6) is 0.597. The van der Waals surface area contributed by atoms with Crippen molar-refractivity contribution in [3.05, 3.63) is 59.2 Å². The van der Waals surface area contributed by atoms with E-state index in [-0.39, 0.29) is 5.78 Å². The molecule has 1 unspecified atom stereocenters. The van der Waals surface area contributed by atoms with E-state index in [0.29, 0.717) is 5.92 Å². The van der Waals surface area contributed by atoms with Crippen LogP contribution in [0.4, 0.5) is 0 Å². The largest absolute Gasteiger partial charge is 0.289 e. The summed E-state index contributed by atoms with van der Waals surface area (Å²) in [6, 6.07) is 7.75. The summed E-state index contributed by atoms with van der Waals surface area (Å²) < 4.78 is 0. The Kier molecular flexibility index (Phi) is 3.04. The van der Waals surface area contributed by atoms with Crippen molar-refractivity contribution in [1.82, 2.24) is 0 Å². The SMILES string of the molecule is Cc1cccc(C(=O)C2=CC(C)CC=C2)c1. The summed E-state index contributed by atoms with van der Waals surface area (Å²) in [7, 11) is 0. The molecule has 0 amide bonds. The van der Waals surface area contributed by atoms with Crippen molar-refractivity contribution >= 4 is 5.78 Å². The first kappa shape index (κ1) is 10.9. The van der Waals surface area contributed by atoms with Gasteiger partial charge in [0.25, 0.3) is 0 Å². The molecule has 16 heavy (non-hydrogen) atoms. The topological polar surface area (TPSA) is 17.1 Å². The molecule has 0 fully saturated rings. The van der Waals surface area contributed by atoms with E-state index in [4.69, 9.17) is 0 Å². The molecule has 0 heterocycles. The second-order valence-electron chi connectivity index (χ2n) is 4.44. The molecule has 0 aromatic heterocycles. The predicted molar refractivity (Wildman–Crippen MR) is 66.5 cm³/mol. The van der Waals surface area contributed by atoms with Gasteiger partial charge in [0.15, 0.2) is 5.78 Å². The zero-order valence-electron chi connectivity index (χ0n) is 9.73. The molecule has 1 aliphatic rings. The van der Waals surface area contributed by atoms with E-state index in [1.165, 1.54) is 0 Å². The lowest BCUT2D eigenvalue weighted by Gasteiger charge is -2.11. The van der Waals surface area contributed by atoms with Gasteiger partial charge in [-0.25, -0.2) is 0 Å². The van der Waals surface area contributed by atoms with Gasteiger partial charge in [-0.1, -0.05) is 48.9 Å². The summed E-state index contributed by atoms with van der Waals surface area (Å²) in [5.41, 5.74) is 2.73. The lowest BCUT2D eigenvalue weighted by Crippen LogP contribution is -2.06. The summed E-state index contributed by atoms with van der Waals surface area (Å²) in [6.45, 7) is 4.14. The fourth-order valence-electron chi connectivity index (χ4n) is 1.94. The maximum absolute atomic E-state index is 12.2. The van der Waals surface area contributed by atoms with Gasteiger partial charge in [0.05, 0.1) is 0 Å². The van der Waals surface area contributed by atoms with Crippen molar-refractivity contribution in [3.63, 3.8) is 0 Å². The average Bonchev–Trinajstić information content (AvgIpc) is 2.28. The number of aryl methyl sites for hydroxylation is 1. The van der Waals surface area contributed by atoms with Crippen molar-refractivity contribution in [2.45, 2.75) is 20.3 Å². The number of hydrogen-bond acceptors (Lipinski definition) is 1. The van der Waals surface area contributed by atoms with Gasteiger partial charge in [-0.15, -0.1) is 0 Å². The van der Waals surface area contributed by atoms with Crippen molar-refractivity contribution < 1.29 is 4.79 Å². The number of benzene rings is 1. The third kappa shape index (κ3) is 2.30. The Labute approximate surface area is 96.5 Å². The van der Waals surface area contributed by atoms with E-state index in [1.54, 1.807) is 0 Å². The van der Waals surface area contributed by atoms with Crippen molar-refractivity contribution in [1.29, 1.82) is 0 Å². The van der Waals surface area contributed by atoms with Crippen LogP contribution in [0.5, 0.6) is 0 Å². The van der Waals surface area contributed by atoms with Crippen LogP contribution in [0.15, 0.2) is 48.1 Å². The Morgan fingerprint density at radius 3 is 2.88 bits per heavy atom. The first-order chi connectivity index (χ1) is 7.66. The van der Waals surface area contributed by atoms with Crippen LogP contribution in [-0.2, 0) is 0 Å². The molecule has 1 nitrogen and oxygen atoms in total. The molecule has 0 N–H and O–H groups in total. The highest BCUT2D eigenvalue weighted by atomic mass is 16.1. The van der Waals surface area contributed by atoms with Crippen molar-refractivity contribution in [2.24, 2.45) is 5.92 Å². The van der Waals surface area contributed by atoms with Gasteiger partial charge >= 0.3 is 0 Å². The molecular weight excluding hydrogens is 196 g/mol. The third-order valence-electron chi connectivity index (χ3n) is 2.81. The average molecular weight is 212 g/mol.